The molecular weight excluding hydrogens is 254 g/mol. The molecular formula is C11H12ClN5O. The third-order valence-corrected chi connectivity index (χ3v) is 2.44. The molecule has 0 saturated heterocycles. The number of urea groups is 1. The van der Waals surface area contributed by atoms with Gasteiger partial charge in [0, 0.05) is 12.7 Å². The molecule has 7 heteroatoms. The van der Waals surface area contributed by atoms with Crippen LogP contribution in [0.2, 0.25) is 5.15 Å². The van der Waals surface area contributed by atoms with Crippen LogP contribution in [-0.2, 0) is 0 Å². The Morgan fingerprint density at radius 1 is 1.56 bits per heavy atom. The zero-order valence-electron chi connectivity index (χ0n) is 9.72. The molecule has 0 aromatic carbocycles. The summed E-state index contributed by atoms with van der Waals surface area (Å²) in [7, 11) is 0. The van der Waals surface area contributed by atoms with E-state index in [1.165, 1.54) is 0 Å². The van der Waals surface area contributed by atoms with Gasteiger partial charge in [-0.05, 0) is 19.1 Å². The van der Waals surface area contributed by atoms with Gasteiger partial charge in [-0.2, -0.15) is 5.10 Å². The number of hydrogen-bond acceptors (Lipinski definition) is 3. The predicted octanol–water partition coefficient (Wildman–Crippen LogP) is 2.06. The van der Waals surface area contributed by atoms with Crippen molar-refractivity contribution in [1.29, 1.82) is 0 Å². The standard InChI is InChI=1S/C11H12ClN5O/c1-2-14-11(18)15-9-7-17(16-10(9)12)8-4-3-5-13-6-8/h3-7H,2H2,1H3,(H2,14,15,18). The van der Waals surface area contributed by atoms with Gasteiger partial charge in [0.15, 0.2) is 5.15 Å². The Morgan fingerprint density at radius 3 is 3.06 bits per heavy atom. The SMILES string of the molecule is CCNC(=O)Nc1cn(-c2cccnc2)nc1Cl. The molecule has 0 aliphatic heterocycles. The number of pyridine rings is 1. The summed E-state index contributed by atoms with van der Waals surface area (Å²) in [5.41, 5.74) is 1.22. The van der Waals surface area contributed by atoms with E-state index in [-0.39, 0.29) is 11.2 Å². The summed E-state index contributed by atoms with van der Waals surface area (Å²) >= 11 is 5.94. The molecule has 6 nitrogen and oxygen atoms in total. The van der Waals surface area contributed by atoms with E-state index in [2.05, 4.69) is 20.7 Å². The summed E-state index contributed by atoms with van der Waals surface area (Å²) in [4.78, 5) is 15.4. The number of amides is 2. The molecule has 0 saturated carbocycles. The Bertz CT molecular complexity index is 540. The molecule has 2 aromatic heterocycles. The molecule has 94 valence electrons. The number of nitrogens with zero attached hydrogens (tertiary/aromatic N) is 3. The number of carbonyl (C=O) groups is 1. The summed E-state index contributed by atoms with van der Waals surface area (Å²) in [6.45, 7) is 2.38. The van der Waals surface area contributed by atoms with Gasteiger partial charge in [-0.1, -0.05) is 11.6 Å². The number of halogens is 1. The number of rotatable bonds is 3. The van der Waals surface area contributed by atoms with Crippen LogP contribution in [-0.4, -0.2) is 27.3 Å². The van der Waals surface area contributed by atoms with E-state index in [1.54, 1.807) is 29.3 Å². The monoisotopic (exact) mass is 265 g/mol. The van der Waals surface area contributed by atoms with Crippen LogP contribution in [0.25, 0.3) is 5.69 Å². The van der Waals surface area contributed by atoms with Crippen LogP contribution in [0.15, 0.2) is 30.7 Å². The largest absolute Gasteiger partial charge is 0.338 e. The van der Waals surface area contributed by atoms with Crippen LogP contribution in [0.5, 0.6) is 0 Å². The predicted molar refractivity (Wildman–Crippen MR) is 69.1 cm³/mol. The van der Waals surface area contributed by atoms with Gasteiger partial charge in [-0.15, -0.1) is 0 Å². The average molecular weight is 266 g/mol. The number of aromatic nitrogens is 3. The summed E-state index contributed by atoms with van der Waals surface area (Å²) in [6, 6.07) is 3.32. The lowest BCUT2D eigenvalue weighted by molar-refractivity contribution is 0.252. The van der Waals surface area contributed by atoms with E-state index in [1.807, 2.05) is 13.0 Å². The first-order valence-electron chi connectivity index (χ1n) is 5.41. The summed E-state index contributed by atoms with van der Waals surface area (Å²) < 4.78 is 1.55. The van der Waals surface area contributed by atoms with E-state index in [4.69, 9.17) is 11.6 Å². The molecule has 0 unspecified atom stereocenters. The second kappa shape index (κ2) is 5.50. The number of carbonyl (C=O) groups excluding carboxylic acids is 1. The van der Waals surface area contributed by atoms with Crippen molar-refractivity contribution >= 4 is 23.3 Å². The maximum absolute atomic E-state index is 11.4. The topological polar surface area (TPSA) is 71.8 Å². The van der Waals surface area contributed by atoms with Crippen molar-refractivity contribution in [3.8, 4) is 5.69 Å². The highest BCUT2D eigenvalue weighted by Crippen LogP contribution is 2.21. The second-order valence-electron chi connectivity index (χ2n) is 3.47. The van der Waals surface area contributed by atoms with Gasteiger partial charge in [-0.25, -0.2) is 9.48 Å². The normalized spacial score (nSPS) is 10.1. The minimum atomic E-state index is -0.315. The molecule has 0 atom stereocenters. The van der Waals surface area contributed by atoms with Gasteiger partial charge in [0.25, 0.3) is 0 Å². The fourth-order valence-corrected chi connectivity index (χ4v) is 1.56. The van der Waals surface area contributed by atoms with Crippen molar-refractivity contribution in [3.05, 3.63) is 35.9 Å². The van der Waals surface area contributed by atoms with Crippen molar-refractivity contribution in [2.45, 2.75) is 6.92 Å². The fourth-order valence-electron chi connectivity index (χ4n) is 1.39. The average Bonchev–Trinajstić information content (AvgIpc) is 2.72. The summed E-state index contributed by atoms with van der Waals surface area (Å²) in [5, 5.41) is 9.55. The van der Waals surface area contributed by atoms with Gasteiger partial charge in [0.1, 0.15) is 5.69 Å². The smallest absolute Gasteiger partial charge is 0.319 e. The molecule has 0 bridgehead atoms. The van der Waals surface area contributed by atoms with E-state index in [9.17, 15) is 4.79 Å². The van der Waals surface area contributed by atoms with Crippen LogP contribution in [0, 0.1) is 0 Å². The van der Waals surface area contributed by atoms with Crippen LogP contribution in [0.1, 0.15) is 6.92 Å². The minimum Gasteiger partial charge on any atom is -0.338 e. The van der Waals surface area contributed by atoms with Gasteiger partial charge >= 0.3 is 6.03 Å². The molecule has 2 heterocycles. The van der Waals surface area contributed by atoms with Crippen LogP contribution >= 0.6 is 11.6 Å². The number of hydrogen-bond donors (Lipinski definition) is 2. The zero-order chi connectivity index (χ0) is 13.0. The molecule has 18 heavy (non-hydrogen) atoms. The number of anilines is 1. The first-order valence-corrected chi connectivity index (χ1v) is 5.79. The summed E-state index contributed by atoms with van der Waals surface area (Å²) in [6.07, 6.45) is 4.95. The maximum Gasteiger partial charge on any atom is 0.319 e. The van der Waals surface area contributed by atoms with Crippen LogP contribution in [0.3, 0.4) is 0 Å². The fraction of sp³-hybridized carbons (Fsp3) is 0.182. The quantitative estimate of drug-likeness (QED) is 0.892. The lowest BCUT2D eigenvalue weighted by atomic mass is 10.4. The maximum atomic E-state index is 11.4. The zero-order valence-corrected chi connectivity index (χ0v) is 10.5. The highest BCUT2D eigenvalue weighted by atomic mass is 35.5. The van der Waals surface area contributed by atoms with Gasteiger partial charge in [0.2, 0.25) is 0 Å². The van der Waals surface area contributed by atoms with Gasteiger partial charge < -0.3 is 10.6 Å². The third kappa shape index (κ3) is 2.78. The lowest BCUT2D eigenvalue weighted by Crippen LogP contribution is -2.28. The van der Waals surface area contributed by atoms with E-state index < -0.39 is 0 Å². The highest BCUT2D eigenvalue weighted by Gasteiger charge is 2.10. The molecule has 0 fully saturated rings. The molecule has 2 aromatic rings. The van der Waals surface area contributed by atoms with Crippen molar-refractivity contribution in [3.63, 3.8) is 0 Å². The molecule has 0 aliphatic carbocycles. The van der Waals surface area contributed by atoms with Crippen molar-refractivity contribution < 1.29 is 4.79 Å². The first-order chi connectivity index (χ1) is 8.70. The Hall–Kier alpha value is -2.08. The Labute approximate surface area is 109 Å². The van der Waals surface area contributed by atoms with E-state index >= 15 is 0 Å². The van der Waals surface area contributed by atoms with Gasteiger partial charge in [-0.3, -0.25) is 4.98 Å². The third-order valence-electron chi connectivity index (χ3n) is 2.17. The molecule has 0 radical (unpaired) electrons. The molecule has 0 spiro atoms. The highest BCUT2D eigenvalue weighted by molar-refractivity contribution is 6.32. The van der Waals surface area contributed by atoms with Crippen molar-refractivity contribution in [2.24, 2.45) is 0 Å². The molecule has 2 amide bonds. The molecule has 2 N–H and O–H groups in total. The number of nitrogens with one attached hydrogen (secondary N) is 2. The van der Waals surface area contributed by atoms with E-state index in [0.717, 1.165) is 5.69 Å². The van der Waals surface area contributed by atoms with Crippen LogP contribution < -0.4 is 10.6 Å². The Balaban J connectivity index is 2.20. The van der Waals surface area contributed by atoms with Crippen molar-refractivity contribution in [2.75, 3.05) is 11.9 Å². The second-order valence-corrected chi connectivity index (χ2v) is 3.83. The Morgan fingerprint density at radius 2 is 2.39 bits per heavy atom. The summed E-state index contributed by atoms with van der Waals surface area (Å²) in [5.74, 6) is 0. The Kier molecular flexibility index (Phi) is 3.78. The molecule has 2 rings (SSSR count). The minimum absolute atomic E-state index is 0.227. The van der Waals surface area contributed by atoms with Crippen molar-refractivity contribution in [1.82, 2.24) is 20.1 Å². The van der Waals surface area contributed by atoms with E-state index in [0.29, 0.717) is 12.2 Å². The molecule has 0 aliphatic rings. The lowest BCUT2D eigenvalue weighted by Gasteiger charge is -2.02. The van der Waals surface area contributed by atoms with Crippen LogP contribution in [0.4, 0.5) is 10.5 Å². The first kappa shape index (κ1) is 12.4. The van der Waals surface area contributed by atoms with Gasteiger partial charge in [0.05, 0.1) is 18.1 Å².